The summed E-state index contributed by atoms with van der Waals surface area (Å²) >= 11 is 0. The third kappa shape index (κ3) is 4.98. The lowest BCUT2D eigenvalue weighted by Gasteiger charge is -2.21. The van der Waals surface area contributed by atoms with Gasteiger partial charge in [0.15, 0.2) is 0 Å². The van der Waals surface area contributed by atoms with Crippen molar-refractivity contribution in [3.05, 3.63) is 0 Å². The molecule has 1 fully saturated rings. The van der Waals surface area contributed by atoms with E-state index >= 15 is 0 Å². The highest BCUT2D eigenvalue weighted by Gasteiger charge is 2.26. The summed E-state index contributed by atoms with van der Waals surface area (Å²) in [6.07, 6.45) is 5.48. The van der Waals surface area contributed by atoms with E-state index in [0.717, 1.165) is 12.0 Å². The van der Waals surface area contributed by atoms with E-state index in [1.54, 1.807) is 0 Å². The first-order valence-electron chi connectivity index (χ1n) is 6.76. The fourth-order valence-electron chi connectivity index (χ4n) is 2.14. The maximum Gasteiger partial charge on any atom is 0.0110 e. The molecule has 1 N–H and O–H groups in total. The fourth-order valence-corrected chi connectivity index (χ4v) is 2.14. The smallest absolute Gasteiger partial charge is 0.0110 e. The van der Waals surface area contributed by atoms with Gasteiger partial charge in [0.1, 0.15) is 0 Å². The Bertz CT molecular complexity index is 151. The first-order valence-corrected chi connectivity index (χ1v) is 6.76. The summed E-state index contributed by atoms with van der Waals surface area (Å²) in [5.41, 5.74) is 0. The van der Waals surface area contributed by atoms with E-state index < -0.39 is 0 Å². The van der Waals surface area contributed by atoms with Gasteiger partial charge in [-0.15, -0.1) is 0 Å². The van der Waals surface area contributed by atoms with Gasteiger partial charge in [0.05, 0.1) is 0 Å². The zero-order chi connectivity index (χ0) is 11.1. The van der Waals surface area contributed by atoms with Crippen LogP contribution in [0, 0.1) is 5.92 Å². The summed E-state index contributed by atoms with van der Waals surface area (Å²) in [6.45, 7) is 11.7. The summed E-state index contributed by atoms with van der Waals surface area (Å²) < 4.78 is 0. The van der Waals surface area contributed by atoms with Crippen LogP contribution in [0.2, 0.25) is 0 Å². The molecule has 0 amide bonds. The van der Waals surface area contributed by atoms with Gasteiger partial charge in [-0.3, -0.25) is 4.90 Å². The number of nitrogens with one attached hydrogen (secondary N) is 1. The molecule has 0 saturated heterocycles. The summed E-state index contributed by atoms with van der Waals surface area (Å²) in [4.78, 5) is 2.61. The molecule has 0 aromatic rings. The number of nitrogens with zero attached hydrogens (tertiary/aromatic N) is 1. The van der Waals surface area contributed by atoms with Gasteiger partial charge in [0.25, 0.3) is 0 Å². The monoisotopic (exact) mass is 212 g/mol. The number of hydrogen-bond donors (Lipinski definition) is 1. The van der Waals surface area contributed by atoms with Gasteiger partial charge < -0.3 is 5.32 Å². The summed E-state index contributed by atoms with van der Waals surface area (Å²) in [5.74, 6) is 0.876. The van der Waals surface area contributed by atoms with Gasteiger partial charge >= 0.3 is 0 Å². The SMILES string of the molecule is CCC(CC)CNCCN(CC)C1CC1. The molecule has 2 heteroatoms. The van der Waals surface area contributed by atoms with Crippen LogP contribution in [0.3, 0.4) is 0 Å². The van der Waals surface area contributed by atoms with Gasteiger partial charge in [-0.1, -0.05) is 33.6 Å². The Balaban J connectivity index is 1.99. The molecule has 0 heterocycles. The number of likely N-dealkylation sites (N-methyl/N-ethyl adjacent to an activating group) is 1. The summed E-state index contributed by atoms with van der Waals surface area (Å²) in [7, 11) is 0. The van der Waals surface area contributed by atoms with Crippen LogP contribution >= 0.6 is 0 Å². The van der Waals surface area contributed by atoms with Crippen molar-refractivity contribution in [1.29, 1.82) is 0 Å². The van der Waals surface area contributed by atoms with Gasteiger partial charge in [0.2, 0.25) is 0 Å². The molecule has 1 rings (SSSR count). The molecule has 0 spiro atoms. The maximum absolute atomic E-state index is 3.59. The zero-order valence-electron chi connectivity index (χ0n) is 10.8. The fraction of sp³-hybridized carbons (Fsp3) is 1.00. The third-order valence-electron chi connectivity index (χ3n) is 3.63. The van der Waals surface area contributed by atoms with Crippen LogP contribution in [0.15, 0.2) is 0 Å². The minimum Gasteiger partial charge on any atom is -0.315 e. The summed E-state index contributed by atoms with van der Waals surface area (Å²) in [5, 5.41) is 3.59. The summed E-state index contributed by atoms with van der Waals surface area (Å²) in [6, 6.07) is 0.921. The molecular weight excluding hydrogens is 184 g/mol. The van der Waals surface area contributed by atoms with Gasteiger partial charge in [-0.05, 0) is 31.8 Å². The second-order valence-corrected chi connectivity index (χ2v) is 4.75. The molecule has 1 saturated carbocycles. The molecule has 0 aromatic carbocycles. The van der Waals surface area contributed by atoms with E-state index in [9.17, 15) is 0 Å². The van der Waals surface area contributed by atoms with Crippen LogP contribution in [-0.4, -0.2) is 37.1 Å². The second-order valence-electron chi connectivity index (χ2n) is 4.75. The van der Waals surface area contributed by atoms with Crippen LogP contribution in [-0.2, 0) is 0 Å². The molecule has 0 aromatic heterocycles. The molecular formula is C13H28N2. The van der Waals surface area contributed by atoms with Crippen molar-refractivity contribution < 1.29 is 0 Å². The third-order valence-corrected chi connectivity index (χ3v) is 3.63. The zero-order valence-corrected chi connectivity index (χ0v) is 10.8. The molecule has 0 radical (unpaired) electrons. The lowest BCUT2D eigenvalue weighted by atomic mass is 10.0. The Labute approximate surface area is 95.4 Å². The van der Waals surface area contributed by atoms with Crippen LogP contribution in [0.4, 0.5) is 0 Å². The van der Waals surface area contributed by atoms with Crippen molar-refractivity contribution in [2.24, 2.45) is 5.92 Å². The van der Waals surface area contributed by atoms with Crippen molar-refractivity contribution in [2.45, 2.75) is 52.5 Å². The van der Waals surface area contributed by atoms with Crippen LogP contribution in [0.1, 0.15) is 46.5 Å². The molecule has 0 aliphatic heterocycles. The standard InChI is InChI=1S/C13H28N2/c1-4-12(5-2)11-14-9-10-15(6-3)13-7-8-13/h12-14H,4-11H2,1-3H3. The van der Waals surface area contributed by atoms with Crippen molar-refractivity contribution in [2.75, 3.05) is 26.2 Å². The van der Waals surface area contributed by atoms with Crippen molar-refractivity contribution in [1.82, 2.24) is 10.2 Å². The molecule has 2 nitrogen and oxygen atoms in total. The molecule has 15 heavy (non-hydrogen) atoms. The average Bonchev–Trinajstić information content (AvgIpc) is 3.08. The number of hydrogen-bond acceptors (Lipinski definition) is 2. The van der Waals surface area contributed by atoms with E-state index in [-0.39, 0.29) is 0 Å². The predicted octanol–water partition coefficient (Wildman–Crippen LogP) is 2.50. The maximum atomic E-state index is 3.59. The van der Waals surface area contributed by atoms with Gasteiger partial charge in [-0.25, -0.2) is 0 Å². The van der Waals surface area contributed by atoms with E-state index in [2.05, 4.69) is 31.0 Å². The van der Waals surface area contributed by atoms with Crippen LogP contribution in [0.25, 0.3) is 0 Å². The van der Waals surface area contributed by atoms with Gasteiger partial charge in [-0.2, -0.15) is 0 Å². The van der Waals surface area contributed by atoms with E-state index in [1.807, 2.05) is 0 Å². The molecule has 1 aliphatic rings. The first kappa shape index (κ1) is 13.0. The highest BCUT2D eigenvalue weighted by atomic mass is 15.2. The van der Waals surface area contributed by atoms with Gasteiger partial charge in [0, 0.05) is 19.1 Å². The normalized spacial score (nSPS) is 16.6. The second kappa shape index (κ2) is 7.24. The highest BCUT2D eigenvalue weighted by Crippen LogP contribution is 2.25. The Morgan fingerprint density at radius 3 is 2.33 bits per heavy atom. The minimum atomic E-state index is 0.876. The molecule has 0 unspecified atom stereocenters. The Kier molecular flexibility index (Phi) is 6.26. The topological polar surface area (TPSA) is 15.3 Å². The van der Waals surface area contributed by atoms with Crippen LogP contribution < -0.4 is 5.32 Å². The Morgan fingerprint density at radius 2 is 1.87 bits per heavy atom. The number of rotatable bonds is 9. The average molecular weight is 212 g/mol. The molecule has 0 atom stereocenters. The first-order chi connectivity index (χ1) is 7.31. The molecule has 0 bridgehead atoms. The van der Waals surface area contributed by atoms with E-state index in [0.29, 0.717) is 0 Å². The minimum absolute atomic E-state index is 0.876. The lowest BCUT2D eigenvalue weighted by molar-refractivity contribution is 0.273. The van der Waals surface area contributed by atoms with E-state index in [1.165, 1.54) is 51.9 Å². The highest BCUT2D eigenvalue weighted by molar-refractivity contribution is 4.83. The largest absolute Gasteiger partial charge is 0.315 e. The lowest BCUT2D eigenvalue weighted by Crippen LogP contribution is -2.35. The van der Waals surface area contributed by atoms with E-state index in [4.69, 9.17) is 0 Å². The quantitative estimate of drug-likeness (QED) is 0.591. The van der Waals surface area contributed by atoms with Crippen molar-refractivity contribution >= 4 is 0 Å². The predicted molar refractivity (Wildman–Crippen MR) is 67.2 cm³/mol. The molecule has 1 aliphatic carbocycles. The molecule has 90 valence electrons. The van der Waals surface area contributed by atoms with Crippen LogP contribution in [0.5, 0.6) is 0 Å². The Morgan fingerprint density at radius 1 is 1.20 bits per heavy atom. The van der Waals surface area contributed by atoms with Crippen molar-refractivity contribution in [3.8, 4) is 0 Å². The van der Waals surface area contributed by atoms with Crippen molar-refractivity contribution in [3.63, 3.8) is 0 Å². The Hall–Kier alpha value is -0.0800.